The summed E-state index contributed by atoms with van der Waals surface area (Å²) in [6.45, 7) is 2.72. The molecule has 2 rings (SSSR count). The van der Waals surface area contributed by atoms with E-state index in [4.69, 9.17) is 4.74 Å². The standard InChI is InChI=1S/C13H18N2O4/c1-9-13(17,4-6-19-9)8-15-11-7-10(3-5-14-11)12(16)18-2/h3,5,7,9,17H,4,6,8H2,1-2H3,(H,14,15). The number of ether oxygens (including phenoxy) is 2. The van der Waals surface area contributed by atoms with Gasteiger partial charge in [-0.3, -0.25) is 0 Å². The number of anilines is 1. The molecular weight excluding hydrogens is 248 g/mol. The molecule has 0 radical (unpaired) electrons. The van der Waals surface area contributed by atoms with Crippen LogP contribution in [0, 0.1) is 0 Å². The van der Waals surface area contributed by atoms with Crippen LogP contribution in [-0.2, 0) is 9.47 Å². The highest BCUT2D eigenvalue weighted by molar-refractivity contribution is 5.89. The molecule has 2 heterocycles. The van der Waals surface area contributed by atoms with Gasteiger partial charge in [0.15, 0.2) is 0 Å². The third-order valence-corrected chi connectivity index (χ3v) is 3.42. The number of pyridine rings is 1. The normalized spacial score (nSPS) is 26.2. The highest BCUT2D eigenvalue weighted by atomic mass is 16.5. The number of rotatable bonds is 4. The van der Waals surface area contributed by atoms with Gasteiger partial charge in [0, 0.05) is 25.8 Å². The fourth-order valence-electron chi connectivity index (χ4n) is 2.02. The molecule has 2 N–H and O–H groups in total. The van der Waals surface area contributed by atoms with Gasteiger partial charge in [0.2, 0.25) is 0 Å². The van der Waals surface area contributed by atoms with E-state index < -0.39 is 11.6 Å². The molecule has 0 aliphatic carbocycles. The maximum absolute atomic E-state index is 11.4. The lowest BCUT2D eigenvalue weighted by atomic mass is 9.97. The van der Waals surface area contributed by atoms with E-state index in [9.17, 15) is 9.90 Å². The van der Waals surface area contributed by atoms with Crippen LogP contribution >= 0.6 is 0 Å². The molecule has 6 heteroatoms. The summed E-state index contributed by atoms with van der Waals surface area (Å²) in [6, 6.07) is 3.17. The fraction of sp³-hybridized carbons (Fsp3) is 0.538. The number of methoxy groups -OCH3 is 1. The highest BCUT2D eigenvalue weighted by Gasteiger charge is 2.39. The van der Waals surface area contributed by atoms with Crippen LogP contribution in [0.5, 0.6) is 0 Å². The van der Waals surface area contributed by atoms with Gasteiger partial charge >= 0.3 is 5.97 Å². The Bertz CT molecular complexity index is 466. The Hall–Kier alpha value is -1.66. The van der Waals surface area contributed by atoms with Crippen LogP contribution < -0.4 is 5.32 Å². The Morgan fingerprint density at radius 2 is 2.53 bits per heavy atom. The smallest absolute Gasteiger partial charge is 0.338 e. The van der Waals surface area contributed by atoms with Crippen molar-refractivity contribution in [2.24, 2.45) is 0 Å². The van der Waals surface area contributed by atoms with E-state index in [1.54, 1.807) is 12.1 Å². The number of hydrogen-bond acceptors (Lipinski definition) is 6. The van der Waals surface area contributed by atoms with Gasteiger partial charge in [-0.05, 0) is 19.1 Å². The minimum atomic E-state index is -0.900. The summed E-state index contributed by atoms with van der Waals surface area (Å²) < 4.78 is 9.99. The van der Waals surface area contributed by atoms with Gasteiger partial charge in [0.05, 0.1) is 18.8 Å². The number of nitrogens with zero attached hydrogens (tertiary/aromatic N) is 1. The van der Waals surface area contributed by atoms with E-state index in [-0.39, 0.29) is 6.10 Å². The van der Waals surface area contributed by atoms with Crippen LogP contribution in [0.1, 0.15) is 23.7 Å². The average molecular weight is 266 g/mol. The lowest BCUT2D eigenvalue weighted by molar-refractivity contribution is -0.0176. The number of hydrogen-bond donors (Lipinski definition) is 2. The second-order valence-electron chi connectivity index (χ2n) is 4.64. The molecule has 104 valence electrons. The zero-order valence-corrected chi connectivity index (χ0v) is 11.0. The predicted octanol–water partition coefficient (Wildman–Crippen LogP) is 0.820. The van der Waals surface area contributed by atoms with Crippen molar-refractivity contribution in [1.29, 1.82) is 0 Å². The minimum absolute atomic E-state index is 0.219. The zero-order valence-electron chi connectivity index (χ0n) is 11.0. The number of aliphatic hydroxyl groups is 1. The molecule has 0 amide bonds. The van der Waals surface area contributed by atoms with E-state index in [1.165, 1.54) is 13.3 Å². The van der Waals surface area contributed by atoms with Crippen molar-refractivity contribution < 1.29 is 19.4 Å². The summed E-state index contributed by atoms with van der Waals surface area (Å²) >= 11 is 0. The number of aromatic nitrogens is 1. The van der Waals surface area contributed by atoms with Crippen LogP contribution in [0.4, 0.5) is 5.82 Å². The molecule has 1 aliphatic rings. The Labute approximate surface area is 111 Å². The van der Waals surface area contributed by atoms with Crippen LogP contribution in [0.2, 0.25) is 0 Å². The molecule has 1 aromatic heterocycles. The van der Waals surface area contributed by atoms with Crippen LogP contribution in [-0.4, -0.2) is 48.0 Å². The predicted molar refractivity (Wildman–Crippen MR) is 69.0 cm³/mol. The first-order chi connectivity index (χ1) is 9.05. The summed E-state index contributed by atoms with van der Waals surface area (Å²) in [5.74, 6) is 0.108. The van der Waals surface area contributed by atoms with Crippen molar-refractivity contribution in [2.45, 2.75) is 25.0 Å². The molecule has 6 nitrogen and oxygen atoms in total. The second-order valence-corrected chi connectivity index (χ2v) is 4.64. The Balaban J connectivity index is 2.02. The van der Waals surface area contributed by atoms with E-state index >= 15 is 0 Å². The Kier molecular flexibility index (Phi) is 4.01. The molecule has 1 saturated heterocycles. The highest BCUT2D eigenvalue weighted by Crippen LogP contribution is 2.25. The molecule has 2 unspecified atom stereocenters. The van der Waals surface area contributed by atoms with Gasteiger partial charge in [0.1, 0.15) is 11.4 Å². The third kappa shape index (κ3) is 3.02. The molecule has 1 fully saturated rings. The Morgan fingerprint density at radius 1 is 1.74 bits per heavy atom. The molecule has 0 aromatic carbocycles. The number of esters is 1. The summed E-state index contributed by atoms with van der Waals surface area (Å²) in [5, 5.41) is 13.4. The van der Waals surface area contributed by atoms with Gasteiger partial charge in [-0.15, -0.1) is 0 Å². The van der Waals surface area contributed by atoms with Crippen LogP contribution in [0.3, 0.4) is 0 Å². The molecule has 0 bridgehead atoms. The fourth-order valence-corrected chi connectivity index (χ4v) is 2.02. The lowest BCUT2D eigenvalue weighted by Crippen LogP contribution is -2.43. The van der Waals surface area contributed by atoms with Crippen molar-refractivity contribution in [1.82, 2.24) is 4.98 Å². The van der Waals surface area contributed by atoms with Gasteiger partial charge in [0.25, 0.3) is 0 Å². The zero-order chi connectivity index (χ0) is 13.9. The molecule has 0 saturated carbocycles. The first-order valence-electron chi connectivity index (χ1n) is 6.17. The maximum atomic E-state index is 11.4. The van der Waals surface area contributed by atoms with E-state index in [0.717, 1.165) is 0 Å². The minimum Gasteiger partial charge on any atom is -0.465 e. The van der Waals surface area contributed by atoms with Crippen LogP contribution in [0.15, 0.2) is 18.3 Å². The van der Waals surface area contributed by atoms with Crippen molar-refractivity contribution in [3.05, 3.63) is 23.9 Å². The molecule has 19 heavy (non-hydrogen) atoms. The van der Waals surface area contributed by atoms with Gasteiger partial charge in [-0.25, -0.2) is 9.78 Å². The van der Waals surface area contributed by atoms with Crippen molar-refractivity contribution in [3.63, 3.8) is 0 Å². The van der Waals surface area contributed by atoms with Gasteiger partial charge < -0.3 is 19.9 Å². The van der Waals surface area contributed by atoms with Gasteiger partial charge in [-0.1, -0.05) is 0 Å². The lowest BCUT2D eigenvalue weighted by Gasteiger charge is -2.26. The molecular formula is C13H18N2O4. The summed E-state index contributed by atoms with van der Waals surface area (Å²) in [5.41, 5.74) is -0.481. The topological polar surface area (TPSA) is 80.7 Å². The van der Waals surface area contributed by atoms with Crippen molar-refractivity contribution in [3.8, 4) is 0 Å². The Morgan fingerprint density at radius 3 is 3.16 bits per heavy atom. The average Bonchev–Trinajstić information content (AvgIpc) is 2.76. The maximum Gasteiger partial charge on any atom is 0.338 e. The second kappa shape index (κ2) is 5.54. The third-order valence-electron chi connectivity index (χ3n) is 3.42. The van der Waals surface area contributed by atoms with Crippen LogP contribution in [0.25, 0.3) is 0 Å². The molecule has 1 aliphatic heterocycles. The quantitative estimate of drug-likeness (QED) is 0.785. The largest absolute Gasteiger partial charge is 0.465 e. The summed E-state index contributed by atoms with van der Waals surface area (Å²) in [7, 11) is 1.33. The molecule has 1 aromatic rings. The van der Waals surface area contributed by atoms with E-state index in [2.05, 4.69) is 15.0 Å². The number of carbonyl (C=O) groups is 1. The number of nitrogens with one attached hydrogen (secondary N) is 1. The number of carbonyl (C=O) groups excluding carboxylic acids is 1. The SMILES string of the molecule is COC(=O)c1ccnc(NCC2(O)CCOC2C)c1. The first-order valence-corrected chi connectivity index (χ1v) is 6.17. The van der Waals surface area contributed by atoms with Crippen molar-refractivity contribution in [2.75, 3.05) is 25.6 Å². The van der Waals surface area contributed by atoms with Crippen molar-refractivity contribution >= 4 is 11.8 Å². The summed E-state index contributed by atoms with van der Waals surface area (Å²) in [4.78, 5) is 15.5. The van der Waals surface area contributed by atoms with E-state index in [0.29, 0.717) is 31.0 Å². The summed E-state index contributed by atoms with van der Waals surface area (Å²) in [6.07, 6.45) is 1.88. The first kappa shape index (κ1) is 13.8. The monoisotopic (exact) mass is 266 g/mol. The van der Waals surface area contributed by atoms with E-state index in [1.807, 2.05) is 6.92 Å². The molecule has 0 spiro atoms. The molecule has 2 atom stereocenters. The van der Waals surface area contributed by atoms with Gasteiger partial charge in [-0.2, -0.15) is 0 Å².